The fourth-order valence-electron chi connectivity index (χ4n) is 4.25. The summed E-state index contributed by atoms with van der Waals surface area (Å²) in [6.07, 6.45) is 13.1. The van der Waals surface area contributed by atoms with Gasteiger partial charge in [0.05, 0.1) is 24.6 Å². The predicted molar refractivity (Wildman–Crippen MR) is 112 cm³/mol. The molecule has 1 amide bonds. The third-order valence-corrected chi connectivity index (χ3v) is 5.97. The lowest BCUT2D eigenvalue weighted by Gasteiger charge is -2.22. The van der Waals surface area contributed by atoms with Gasteiger partial charge in [-0.25, -0.2) is 0 Å². The lowest BCUT2D eigenvalue weighted by atomic mass is 10.1. The Labute approximate surface area is 179 Å². The van der Waals surface area contributed by atoms with Crippen LogP contribution in [0, 0.1) is 0 Å². The Kier molecular flexibility index (Phi) is 5.18. The van der Waals surface area contributed by atoms with Crippen molar-refractivity contribution in [3.63, 3.8) is 0 Å². The van der Waals surface area contributed by atoms with Gasteiger partial charge in [-0.2, -0.15) is 0 Å². The summed E-state index contributed by atoms with van der Waals surface area (Å²) >= 11 is 6.17. The molecule has 8 heteroatoms. The molecule has 30 heavy (non-hydrogen) atoms. The molecular weight excluding hydrogens is 404 g/mol. The molecule has 7 nitrogen and oxygen atoms in total. The summed E-state index contributed by atoms with van der Waals surface area (Å²) in [6, 6.07) is 5.45. The first-order chi connectivity index (χ1) is 14.7. The molecule has 1 saturated heterocycles. The molecule has 1 spiro atoms. The molecule has 2 aliphatic heterocycles. The smallest absolute Gasteiger partial charge is 0.292 e. The zero-order chi connectivity index (χ0) is 20.6. The molecule has 3 heterocycles. The quantitative estimate of drug-likeness (QED) is 0.633. The maximum Gasteiger partial charge on any atom is 0.292 e. The highest BCUT2D eigenvalue weighted by Crippen LogP contribution is 2.46. The molecule has 2 aromatic rings. The topological polar surface area (TPSA) is 69.5 Å². The number of fused-ring (bicyclic) bond motifs is 2. The van der Waals surface area contributed by atoms with Gasteiger partial charge in [0.1, 0.15) is 0 Å². The van der Waals surface area contributed by atoms with Crippen LogP contribution in [0.1, 0.15) is 36.4 Å². The average Bonchev–Trinajstić information content (AvgIpc) is 3.54. The maximum atomic E-state index is 13.1. The minimum atomic E-state index is -1.32. The number of nitrogens with zero attached hydrogens (tertiary/aromatic N) is 4. The zero-order valence-electron chi connectivity index (χ0n) is 16.5. The van der Waals surface area contributed by atoms with Crippen LogP contribution in [-0.4, -0.2) is 40.7 Å². The number of carbonyl (C=O) groups excluding carboxylic acids is 1. The van der Waals surface area contributed by atoms with Crippen LogP contribution in [0.2, 0.25) is 5.02 Å². The fraction of sp³-hybridized carbons (Fsp3) is 0.409. The Hall–Kier alpha value is -2.48. The van der Waals surface area contributed by atoms with Gasteiger partial charge < -0.3 is 14.4 Å². The van der Waals surface area contributed by atoms with Crippen molar-refractivity contribution in [2.24, 2.45) is 0 Å². The third-order valence-electron chi connectivity index (χ3n) is 5.74. The minimum absolute atomic E-state index is 0.157. The Morgan fingerprint density at radius 2 is 1.87 bits per heavy atom. The molecule has 1 aromatic carbocycles. The van der Waals surface area contributed by atoms with Gasteiger partial charge in [0.2, 0.25) is 0 Å². The molecule has 0 bridgehead atoms. The van der Waals surface area contributed by atoms with Crippen LogP contribution in [0.15, 0.2) is 48.7 Å². The van der Waals surface area contributed by atoms with Gasteiger partial charge >= 0.3 is 0 Å². The Balaban J connectivity index is 1.17. The average molecular weight is 427 g/mol. The van der Waals surface area contributed by atoms with Gasteiger partial charge in [-0.15, -0.1) is 5.10 Å². The van der Waals surface area contributed by atoms with Crippen LogP contribution in [0.25, 0.3) is 0 Å². The number of amides is 1. The molecule has 0 unspecified atom stereocenters. The van der Waals surface area contributed by atoms with Gasteiger partial charge in [-0.3, -0.25) is 9.48 Å². The first-order valence-corrected chi connectivity index (χ1v) is 10.7. The van der Waals surface area contributed by atoms with Crippen molar-refractivity contribution in [3.05, 3.63) is 65.0 Å². The van der Waals surface area contributed by atoms with Crippen LogP contribution in [0.5, 0.6) is 0 Å². The summed E-state index contributed by atoms with van der Waals surface area (Å²) in [7, 11) is 0. The molecule has 5 rings (SSSR count). The summed E-state index contributed by atoms with van der Waals surface area (Å²) in [5.74, 6) is -1.24. The molecule has 0 atom stereocenters. The van der Waals surface area contributed by atoms with Gasteiger partial charge in [0, 0.05) is 35.8 Å². The molecule has 0 saturated carbocycles. The number of halogens is 1. The number of ether oxygens (including phenoxy) is 2. The number of benzene rings is 1. The van der Waals surface area contributed by atoms with Crippen LogP contribution in [0.4, 0.5) is 5.69 Å². The molecule has 156 valence electrons. The highest BCUT2D eigenvalue weighted by molar-refractivity contribution is 6.31. The van der Waals surface area contributed by atoms with E-state index in [0.29, 0.717) is 30.3 Å². The second-order valence-corrected chi connectivity index (χ2v) is 8.13. The van der Waals surface area contributed by atoms with E-state index in [9.17, 15) is 4.79 Å². The second kappa shape index (κ2) is 7.98. The molecule has 0 N–H and O–H groups in total. The molecule has 0 radical (unpaired) electrons. The van der Waals surface area contributed by atoms with Gasteiger partial charge in [0.15, 0.2) is 0 Å². The fourth-order valence-corrected chi connectivity index (χ4v) is 4.42. The Bertz CT molecular complexity index is 998. The third kappa shape index (κ3) is 3.37. The van der Waals surface area contributed by atoms with Crippen LogP contribution in [-0.2, 0) is 26.6 Å². The Morgan fingerprint density at radius 1 is 1.10 bits per heavy atom. The van der Waals surface area contributed by atoms with E-state index in [4.69, 9.17) is 21.1 Å². The van der Waals surface area contributed by atoms with E-state index in [0.717, 1.165) is 37.2 Å². The summed E-state index contributed by atoms with van der Waals surface area (Å²) < 4.78 is 13.4. The minimum Gasteiger partial charge on any atom is -0.336 e. The van der Waals surface area contributed by atoms with Crippen molar-refractivity contribution in [2.45, 2.75) is 37.5 Å². The first-order valence-electron chi connectivity index (χ1n) is 10.3. The van der Waals surface area contributed by atoms with E-state index in [-0.39, 0.29) is 11.8 Å². The number of hydrogen-bond donors (Lipinski definition) is 0. The Morgan fingerprint density at radius 3 is 2.67 bits per heavy atom. The molecular formula is C22H23ClN4O3. The highest BCUT2D eigenvalue weighted by atomic mass is 35.5. The van der Waals surface area contributed by atoms with Crippen LogP contribution < -0.4 is 4.90 Å². The van der Waals surface area contributed by atoms with Crippen molar-refractivity contribution < 1.29 is 14.3 Å². The van der Waals surface area contributed by atoms with E-state index in [1.165, 1.54) is 0 Å². The maximum absolute atomic E-state index is 13.1. The van der Waals surface area contributed by atoms with Crippen molar-refractivity contribution in [3.8, 4) is 0 Å². The van der Waals surface area contributed by atoms with E-state index < -0.39 is 5.79 Å². The number of unbranched alkanes of at least 4 members (excludes halogenated alkanes) is 2. The van der Waals surface area contributed by atoms with E-state index in [1.807, 2.05) is 29.1 Å². The lowest BCUT2D eigenvalue weighted by molar-refractivity contribution is -0.180. The standard InChI is InChI=1S/C22H23ClN4O3/c23-17-8-9-20-18(14-17)22(29-12-13-30-22)21(28)27(20)11-5-1-4-10-26-15-19(24-25-26)16-6-2-3-7-16/h2-3,6-9,14-16H,1,4-5,10-13H2. The summed E-state index contributed by atoms with van der Waals surface area (Å²) in [5.41, 5.74) is 2.51. The largest absolute Gasteiger partial charge is 0.336 e. The summed E-state index contributed by atoms with van der Waals surface area (Å²) in [6.45, 7) is 2.22. The summed E-state index contributed by atoms with van der Waals surface area (Å²) in [4.78, 5) is 14.9. The van der Waals surface area contributed by atoms with Gasteiger partial charge in [-0.1, -0.05) is 41.1 Å². The highest BCUT2D eigenvalue weighted by Gasteiger charge is 2.55. The number of anilines is 1. The first kappa shape index (κ1) is 19.5. The SMILES string of the molecule is O=C1N(CCCCCn2cc(C3C=CC=C3)nn2)c2ccc(Cl)cc2C12OCCO2. The second-order valence-electron chi connectivity index (χ2n) is 7.69. The van der Waals surface area contributed by atoms with Crippen LogP contribution in [0.3, 0.4) is 0 Å². The van der Waals surface area contributed by atoms with Crippen LogP contribution >= 0.6 is 11.6 Å². The number of allylic oxidation sites excluding steroid dienone is 4. The monoisotopic (exact) mass is 426 g/mol. The predicted octanol–water partition coefficient (Wildman–Crippen LogP) is 3.56. The van der Waals surface area contributed by atoms with E-state index in [1.54, 1.807) is 17.0 Å². The van der Waals surface area contributed by atoms with Gasteiger partial charge in [-0.05, 0) is 37.5 Å². The number of hydrogen-bond acceptors (Lipinski definition) is 5. The van der Waals surface area contributed by atoms with E-state index >= 15 is 0 Å². The van der Waals surface area contributed by atoms with Crippen molar-refractivity contribution in [1.29, 1.82) is 0 Å². The number of aromatic nitrogens is 3. The molecule has 1 fully saturated rings. The normalized spacial score (nSPS) is 19.5. The number of rotatable bonds is 7. The van der Waals surface area contributed by atoms with Crippen molar-refractivity contribution >= 4 is 23.2 Å². The molecule has 1 aliphatic carbocycles. The molecule has 1 aromatic heterocycles. The van der Waals surface area contributed by atoms with Crippen molar-refractivity contribution in [1.82, 2.24) is 15.0 Å². The number of carbonyl (C=O) groups is 1. The van der Waals surface area contributed by atoms with E-state index in [2.05, 4.69) is 22.5 Å². The molecule has 3 aliphatic rings. The lowest BCUT2D eigenvalue weighted by Crippen LogP contribution is -2.41. The van der Waals surface area contributed by atoms with Crippen molar-refractivity contribution in [2.75, 3.05) is 24.7 Å². The zero-order valence-corrected chi connectivity index (χ0v) is 17.3. The summed E-state index contributed by atoms with van der Waals surface area (Å²) in [5, 5.41) is 9.05. The number of aryl methyl sites for hydroxylation is 1. The van der Waals surface area contributed by atoms with Gasteiger partial charge in [0.25, 0.3) is 11.7 Å².